The summed E-state index contributed by atoms with van der Waals surface area (Å²) in [6, 6.07) is 7.48. The first-order valence-corrected chi connectivity index (χ1v) is 9.88. The molecule has 1 saturated carbocycles. The van der Waals surface area contributed by atoms with Gasteiger partial charge in [-0.2, -0.15) is 9.40 Å². The minimum atomic E-state index is -3.56. The van der Waals surface area contributed by atoms with Crippen LogP contribution < -0.4 is 10.5 Å². The van der Waals surface area contributed by atoms with Crippen molar-refractivity contribution >= 4 is 10.0 Å². The Kier molecular flexibility index (Phi) is 4.05. The number of nitrogens with two attached hydrogens (primary N) is 1. The fourth-order valence-corrected chi connectivity index (χ4v) is 5.47. The summed E-state index contributed by atoms with van der Waals surface area (Å²) in [5.41, 5.74) is 6.83. The van der Waals surface area contributed by atoms with Crippen molar-refractivity contribution in [3.05, 3.63) is 36.7 Å². The molecule has 134 valence electrons. The molecule has 0 amide bonds. The molecule has 2 N–H and O–H groups in total. The summed E-state index contributed by atoms with van der Waals surface area (Å²) in [5, 5.41) is 4.23. The van der Waals surface area contributed by atoms with E-state index in [0.29, 0.717) is 30.4 Å². The molecule has 1 aromatic heterocycles. The Labute approximate surface area is 147 Å². The molecule has 25 heavy (non-hydrogen) atoms. The first-order valence-electron chi connectivity index (χ1n) is 8.44. The van der Waals surface area contributed by atoms with Crippen LogP contribution in [-0.4, -0.2) is 48.7 Å². The monoisotopic (exact) mass is 362 g/mol. The standard InChI is InChI=1S/C17H22N4O3S/c1-24-17-5-3-2-4-16(17)21-10-13(8-19-21)25(22,23)20-9-12-6-7-15(18)14(12)11-20/h2-5,8,10,12,14-15H,6-7,9,11,18H2,1H3. The summed E-state index contributed by atoms with van der Waals surface area (Å²) in [6.07, 6.45) is 4.95. The molecule has 2 aromatic rings. The van der Waals surface area contributed by atoms with Crippen LogP contribution >= 0.6 is 0 Å². The predicted octanol–water partition coefficient (Wildman–Crippen LogP) is 1.24. The van der Waals surface area contributed by atoms with Crippen LogP contribution in [0.25, 0.3) is 5.69 Å². The maximum atomic E-state index is 13.0. The molecule has 4 rings (SSSR count). The van der Waals surface area contributed by atoms with E-state index in [4.69, 9.17) is 10.5 Å². The first kappa shape index (κ1) is 16.6. The molecule has 2 aliphatic rings. The average Bonchev–Trinajstić information content (AvgIpc) is 3.32. The molecule has 8 heteroatoms. The van der Waals surface area contributed by atoms with Gasteiger partial charge >= 0.3 is 0 Å². The van der Waals surface area contributed by atoms with Crippen molar-refractivity contribution in [1.29, 1.82) is 0 Å². The number of nitrogens with zero attached hydrogens (tertiary/aromatic N) is 3. The minimum Gasteiger partial charge on any atom is -0.494 e. The van der Waals surface area contributed by atoms with Crippen LogP contribution in [0.5, 0.6) is 5.75 Å². The molecule has 2 fully saturated rings. The van der Waals surface area contributed by atoms with Crippen molar-refractivity contribution in [3.8, 4) is 11.4 Å². The maximum absolute atomic E-state index is 13.0. The average molecular weight is 362 g/mol. The van der Waals surface area contributed by atoms with Crippen molar-refractivity contribution < 1.29 is 13.2 Å². The van der Waals surface area contributed by atoms with Gasteiger partial charge in [-0.1, -0.05) is 12.1 Å². The molecule has 2 heterocycles. The largest absolute Gasteiger partial charge is 0.494 e. The number of methoxy groups -OCH3 is 1. The lowest BCUT2D eigenvalue weighted by molar-refractivity contribution is 0.411. The van der Waals surface area contributed by atoms with E-state index in [1.807, 2.05) is 24.3 Å². The molecule has 1 saturated heterocycles. The maximum Gasteiger partial charge on any atom is 0.246 e. The zero-order chi connectivity index (χ0) is 17.6. The second kappa shape index (κ2) is 6.12. The zero-order valence-electron chi connectivity index (χ0n) is 14.1. The van der Waals surface area contributed by atoms with E-state index in [9.17, 15) is 8.42 Å². The SMILES string of the molecule is COc1ccccc1-n1cc(S(=O)(=O)N2CC3CCC(N)C3C2)cn1. The summed E-state index contributed by atoms with van der Waals surface area (Å²) in [5.74, 6) is 1.30. The number of ether oxygens (including phenoxy) is 1. The van der Waals surface area contributed by atoms with Crippen LogP contribution in [0.2, 0.25) is 0 Å². The van der Waals surface area contributed by atoms with Gasteiger partial charge in [-0.25, -0.2) is 13.1 Å². The molecule has 1 aliphatic carbocycles. The van der Waals surface area contributed by atoms with Gasteiger partial charge in [0, 0.05) is 19.1 Å². The lowest BCUT2D eigenvalue weighted by Crippen LogP contribution is -2.33. The normalized spacial score (nSPS) is 26.7. The van der Waals surface area contributed by atoms with E-state index in [1.165, 1.54) is 10.9 Å². The minimum absolute atomic E-state index is 0.113. The van der Waals surface area contributed by atoms with Crippen LogP contribution in [0, 0.1) is 11.8 Å². The highest BCUT2D eigenvalue weighted by Crippen LogP contribution is 2.39. The van der Waals surface area contributed by atoms with Crippen LogP contribution in [0.1, 0.15) is 12.8 Å². The van der Waals surface area contributed by atoms with Gasteiger partial charge in [-0.15, -0.1) is 0 Å². The van der Waals surface area contributed by atoms with E-state index in [2.05, 4.69) is 5.10 Å². The number of rotatable bonds is 4. The highest BCUT2D eigenvalue weighted by atomic mass is 32.2. The number of hydrogen-bond acceptors (Lipinski definition) is 5. The van der Waals surface area contributed by atoms with Gasteiger partial charge in [-0.05, 0) is 36.8 Å². The fraction of sp³-hybridized carbons (Fsp3) is 0.471. The van der Waals surface area contributed by atoms with Crippen molar-refractivity contribution in [1.82, 2.24) is 14.1 Å². The third-order valence-electron chi connectivity index (χ3n) is 5.41. The summed E-state index contributed by atoms with van der Waals surface area (Å²) < 4.78 is 34.4. The molecule has 1 aromatic carbocycles. The Morgan fingerprint density at radius 3 is 2.80 bits per heavy atom. The van der Waals surface area contributed by atoms with E-state index in [1.54, 1.807) is 17.6 Å². The number of sulfonamides is 1. The van der Waals surface area contributed by atoms with Gasteiger partial charge in [0.25, 0.3) is 0 Å². The quantitative estimate of drug-likeness (QED) is 0.884. The Morgan fingerprint density at radius 1 is 1.24 bits per heavy atom. The molecular formula is C17H22N4O3S. The molecule has 3 unspecified atom stereocenters. The summed E-state index contributed by atoms with van der Waals surface area (Å²) in [6.45, 7) is 1.06. The van der Waals surface area contributed by atoms with Crippen LogP contribution in [0.4, 0.5) is 0 Å². The number of hydrogen-bond donors (Lipinski definition) is 1. The number of para-hydroxylation sites is 2. The van der Waals surface area contributed by atoms with Gasteiger partial charge < -0.3 is 10.5 Å². The topological polar surface area (TPSA) is 90.5 Å². The Morgan fingerprint density at radius 2 is 2.04 bits per heavy atom. The summed E-state index contributed by atoms with van der Waals surface area (Å²) >= 11 is 0. The lowest BCUT2D eigenvalue weighted by Gasteiger charge is -2.17. The van der Waals surface area contributed by atoms with Gasteiger partial charge in [0.2, 0.25) is 10.0 Å². The second-order valence-corrected chi connectivity index (χ2v) is 8.72. The molecule has 3 atom stereocenters. The highest BCUT2D eigenvalue weighted by Gasteiger charge is 2.45. The second-order valence-electron chi connectivity index (χ2n) is 6.78. The summed E-state index contributed by atoms with van der Waals surface area (Å²) in [4.78, 5) is 0.201. The number of fused-ring (bicyclic) bond motifs is 1. The third-order valence-corrected chi connectivity index (χ3v) is 7.19. The van der Waals surface area contributed by atoms with Crippen LogP contribution in [0.3, 0.4) is 0 Å². The molecule has 0 spiro atoms. The number of aromatic nitrogens is 2. The van der Waals surface area contributed by atoms with Gasteiger partial charge in [0.05, 0.1) is 19.5 Å². The predicted molar refractivity (Wildman–Crippen MR) is 93.1 cm³/mol. The van der Waals surface area contributed by atoms with Crippen molar-refractivity contribution in [2.75, 3.05) is 20.2 Å². The van der Waals surface area contributed by atoms with Gasteiger partial charge in [-0.3, -0.25) is 0 Å². The van der Waals surface area contributed by atoms with Crippen LogP contribution in [0.15, 0.2) is 41.6 Å². The summed E-state index contributed by atoms with van der Waals surface area (Å²) in [7, 11) is -1.98. The van der Waals surface area contributed by atoms with E-state index in [0.717, 1.165) is 12.8 Å². The fourth-order valence-electron chi connectivity index (χ4n) is 4.00. The lowest BCUT2D eigenvalue weighted by atomic mass is 9.98. The molecule has 0 radical (unpaired) electrons. The van der Waals surface area contributed by atoms with Crippen molar-refractivity contribution in [3.63, 3.8) is 0 Å². The zero-order valence-corrected chi connectivity index (χ0v) is 14.9. The van der Waals surface area contributed by atoms with E-state index < -0.39 is 10.0 Å². The number of benzene rings is 1. The Balaban J connectivity index is 1.61. The van der Waals surface area contributed by atoms with Crippen molar-refractivity contribution in [2.24, 2.45) is 17.6 Å². The van der Waals surface area contributed by atoms with Gasteiger partial charge in [0.15, 0.2) is 0 Å². The smallest absolute Gasteiger partial charge is 0.246 e. The first-order chi connectivity index (χ1) is 12.0. The molecule has 7 nitrogen and oxygen atoms in total. The highest BCUT2D eigenvalue weighted by molar-refractivity contribution is 7.89. The van der Waals surface area contributed by atoms with E-state index >= 15 is 0 Å². The van der Waals surface area contributed by atoms with Crippen LogP contribution in [-0.2, 0) is 10.0 Å². The molecular weight excluding hydrogens is 340 g/mol. The molecule has 1 aliphatic heterocycles. The van der Waals surface area contributed by atoms with E-state index in [-0.39, 0.29) is 16.9 Å². The Hall–Kier alpha value is -1.90. The van der Waals surface area contributed by atoms with Crippen molar-refractivity contribution in [2.45, 2.75) is 23.8 Å². The molecule has 0 bridgehead atoms. The third kappa shape index (κ3) is 2.74. The Bertz CT molecular complexity index is 880. The van der Waals surface area contributed by atoms with Gasteiger partial charge in [0.1, 0.15) is 16.3 Å².